The summed E-state index contributed by atoms with van der Waals surface area (Å²) in [5.74, 6) is 0. The van der Waals surface area contributed by atoms with Gasteiger partial charge in [-0.15, -0.1) is 0 Å². The van der Waals surface area contributed by atoms with Gasteiger partial charge in [0.25, 0.3) is 0 Å². The van der Waals surface area contributed by atoms with Crippen molar-refractivity contribution in [2.24, 2.45) is 0 Å². The van der Waals surface area contributed by atoms with Gasteiger partial charge >= 0.3 is 0 Å². The monoisotopic (exact) mass is 736 g/mol. The molecule has 2 unspecified atom stereocenters. The molecule has 0 amide bonds. The van der Waals surface area contributed by atoms with Crippen LogP contribution in [0.1, 0.15) is 118 Å². The summed E-state index contributed by atoms with van der Waals surface area (Å²) in [6.45, 7) is 43.9. The van der Waals surface area contributed by atoms with Gasteiger partial charge in [0.15, 0.2) is 0 Å². The first-order valence-electron chi connectivity index (χ1n) is 18.4. The van der Waals surface area contributed by atoms with Crippen LogP contribution in [-0.4, -0.2) is 47.9 Å². The minimum absolute atomic E-state index is 0.00669. The highest BCUT2D eigenvalue weighted by Crippen LogP contribution is 2.46. The highest BCUT2D eigenvalue weighted by atomic mass is 28.4. The normalized spacial score (nSPS) is 16.2. The second-order valence-corrected chi connectivity index (χ2v) is 31.8. The molecule has 0 aliphatic heterocycles. The van der Waals surface area contributed by atoms with Crippen molar-refractivity contribution in [3.63, 3.8) is 0 Å². The van der Waals surface area contributed by atoms with Gasteiger partial charge in [0.1, 0.15) is 0 Å². The summed E-state index contributed by atoms with van der Waals surface area (Å²) in [4.78, 5) is 0. The van der Waals surface area contributed by atoms with E-state index < -0.39 is 34.7 Å². The number of rotatable bonds is 14. The van der Waals surface area contributed by atoms with E-state index in [1.165, 1.54) is 32.6 Å². The Hall–Kier alpha value is -1.33. The Morgan fingerprint density at radius 3 is 1.14 bits per heavy atom. The van der Waals surface area contributed by atoms with Crippen molar-refractivity contribution in [3.8, 4) is 0 Å². The second kappa shape index (κ2) is 17.0. The van der Waals surface area contributed by atoms with Crippen LogP contribution >= 0.6 is 0 Å². The first-order chi connectivity index (χ1) is 22.3. The van der Waals surface area contributed by atoms with E-state index in [1.807, 2.05) is 0 Å². The molecule has 49 heavy (non-hydrogen) atoms. The largest absolute Gasteiger partial charge is 0.448 e. The standard InChI is InChI=1S/C42H72O3Si4/c1-39(2,3)35-27-23-29-37(33(35)25-19-21-31-43-46(13)14)48(17,41(7,8)9)45-49(18,42(10,11)12)38-30-24-28-36(40(4,5)6)34(38)26-20-22-32-44-47(15)16/h19-20,23-30H,21-22,31-32H2,1-18H3. The molecule has 2 radical (unpaired) electrons. The summed E-state index contributed by atoms with van der Waals surface area (Å²) in [7, 11) is -6.79. The lowest BCUT2D eigenvalue weighted by Gasteiger charge is -2.51. The first-order valence-corrected chi connectivity index (χ1v) is 28.1. The van der Waals surface area contributed by atoms with Crippen molar-refractivity contribution < 1.29 is 13.0 Å². The van der Waals surface area contributed by atoms with Crippen LogP contribution in [0, 0.1) is 0 Å². The summed E-state index contributed by atoms with van der Waals surface area (Å²) in [6, 6.07) is 14.0. The number of benzene rings is 2. The SMILES string of the molecule is C[Si](C)OCCC=Cc1c(C(C)(C)C)cccc1[Si](C)(O[Si](C)(c1cccc(C(C)(C)C)c1C=CCCO[Si](C)C)C(C)(C)C)C(C)(C)C. The van der Waals surface area contributed by atoms with Gasteiger partial charge < -0.3 is 13.0 Å². The van der Waals surface area contributed by atoms with E-state index in [0.717, 1.165) is 26.1 Å². The number of hydrogen-bond donors (Lipinski definition) is 0. The Bertz CT molecular complexity index is 1310. The third-order valence-corrected chi connectivity index (χ3v) is 23.5. The van der Waals surface area contributed by atoms with Crippen LogP contribution in [0.5, 0.6) is 0 Å². The summed E-state index contributed by atoms with van der Waals surface area (Å²) in [6.07, 6.45) is 11.3. The van der Waals surface area contributed by atoms with Crippen LogP contribution in [-0.2, 0) is 23.8 Å². The topological polar surface area (TPSA) is 27.7 Å². The van der Waals surface area contributed by atoms with E-state index in [9.17, 15) is 0 Å². The average molecular weight is 737 g/mol. The maximum atomic E-state index is 8.23. The zero-order valence-corrected chi connectivity index (χ0v) is 38.8. The zero-order chi connectivity index (χ0) is 37.6. The van der Waals surface area contributed by atoms with Crippen molar-refractivity contribution in [1.29, 1.82) is 0 Å². The molecule has 0 fully saturated rings. The van der Waals surface area contributed by atoms with Crippen LogP contribution in [0.4, 0.5) is 0 Å². The van der Waals surface area contributed by atoms with Crippen molar-refractivity contribution in [2.75, 3.05) is 13.2 Å². The molecule has 0 heterocycles. The molecule has 0 saturated carbocycles. The van der Waals surface area contributed by atoms with Crippen molar-refractivity contribution in [2.45, 2.75) is 156 Å². The fourth-order valence-corrected chi connectivity index (χ4v) is 17.9. The lowest BCUT2D eigenvalue weighted by atomic mass is 9.83. The molecule has 0 aliphatic carbocycles. The van der Waals surface area contributed by atoms with Gasteiger partial charge in [0, 0.05) is 13.2 Å². The minimum Gasteiger partial charge on any atom is -0.448 e. The van der Waals surface area contributed by atoms with Gasteiger partial charge in [0.2, 0.25) is 34.7 Å². The zero-order valence-electron chi connectivity index (χ0n) is 34.8. The molecule has 2 rings (SSSR count). The smallest absolute Gasteiger partial charge is 0.215 e. The quantitative estimate of drug-likeness (QED) is 0.143. The van der Waals surface area contributed by atoms with Crippen molar-refractivity contribution in [3.05, 3.63) is 70.8 Å². The molecule has 2 aromatic carbocycles. The van der Waals surface area contributed by atoms with Crippen molar-refractivity contribution in [1.82, 2.24) is 0 Å². The molecular formula is C42H72O3Si4. The molecule has 0 saturated heterocycles. The van der Waals surface area contributed by atoms with E-state index in [2.05, 4.69) is 183 Å². The van der Waals surface area contributed by atoms with Gasteiger partial charge in [0.05, 0.1) is 0 Å². The predicted octanol–water partition coefficient (Wildman–Crippen LogP) is 11.5. The Labute approximate surface area is 309 Å². The van der Waals surface area contributed by atoms with E-state index in [4.69, 9.17) is 13.0 Å². The number of hydrogen-bond acceptors (Lipinski definition) is 3. The van der Waals surface area contributed by atoms with Crippen LogP contribution < -0.4 is 10.4 Å². The minimum atomic E-state index is -2.70. The van der Waals surface area contributed by atoms with E-state index in [-0.39, 0.29) is 20.9 Å². The molecule has 0 aromatic heterocycles. The fourth-order valence-electron chi connectivity index (χ4n) is 6.33. The molecule has 7 heteroatoms. The van der Waals surface area contributed by atoms with Crippen LogP contribution in [0.3, 0.4) is 0 Å². The summed E-state index contributed by atoms with van der Waals surface area (Å²) < 4.78 is 20.2. The lowest BCUT2D eigenvalue weighted by molar-refractivity contribution is 0.334. The summed E-state index contributed by atoms with van der Waals surface area (Å²) >= 11 is 0. The molecule has 0 aliphatic rings. The fraction of sp³-hybridized carbons (Fsp3) is 0.619. The third-order valence-electron chi connectivity index (χ3n) is 10.0. The molecule has 2 aromatic rings. The average Bonchev–Trinajstić information content (AvgIpc) is 2.94. The Balaban J connectivity index is 2.94. The first kappa shape index (κ1) is 43.8. The van der Waals surface area contributed by atoms with Crippen LogP contribution in [0.15, 0.2) is 48.6 Å². The highest BCUT2D eigenvalue weighted by molar-refractivity contribution is 7.00. The highest BCUT2D eigenvalue weighted by Gasteiger charge is 2.55. The van der Waals surface area contributed by atoms with Crippen LogP contribution in [0.25, 0.3) is 12.2 Å². The Kier molecular flexibility index (Phi) is 15.2. The predicted molar refractivity (Wildman–Crippen MR) is 227 cm³/mol. The van der Waals surface area contributed by atoms with E-state index in [1.54, 1.807) is 0 Å². The lowest BCUT2D eigenvalue weighted by Crippen LogP contribution is -2.68. The maximum Gasteiger partial charge on any atom is 0.215 e. The Morgan fingerprint density at radius 1 is 0.551 bits per heavy atom. The van der Waals surface area contributed by atoms with Gasteiger partial charge in [-0.3, -0.25) is 0 Å². The molecule has 3 nitrogen and oxygen atoms in total. The molecule has 0 bridgehead atoms. The summed E-state index contributed by atoms with van der Waals surface area (Å²) in [5, 5.41) is 2.68. The van der Waals surface area contributed by atoms with E-state index in [0.29, 0.717) is 0 Å². The van der Waals surface area contributed by atoms with Gasteiger partial charge in [-0.25, -0.2) is 0 Å². The van der Waals surface area contributed by atoms with Gasteiger partial charge in [-0.2, -0.15) is 0 Å². The third kappa shape index (κ3) is 11.3. The molecule has 0 N–H and O–H groups in total. The van der Waals surface area contributed by atoms with Gasteiger partial charge in [-0.1, -0.05) is 144 Å². The van der Waals surface area contributed by atoms with Crippen LogP contribution in [0.2, 0.25) is 49.4 Å². The molecule has 274 valence electrons. The second-order valence-electron chi connectivity index (χ2n) is 18.6. The molecule has 0 spiro atoms. The van der Waals surface area contributed by atoms with Gasteiger partial charge in [-0.05, 0) is 106 Å². The maximum absolute atomic E-state index is 8.23. The summed E-state index contributed by atoms with van der Waals surface area (Å²) in [5.41, 5.74) is 5.44. The molecule has 2 atom stereocenters. The van der Waals surface area contributed by atoms with Crippen molar-refractivity contribution >= 4 is 57.2 Å². The Morgan fingerprint density at radius 2 is 0.878 bits per heavy atom. The van der Waals surface area contributed by atoms with E-state index >= 15 is 0 Å². The molecular weight excluding hydrogens is 665 g/mol.